The normalized spacial score (nSPS) is 20.6. The molecule has 0 saturated carbocycles. The molecule has 2 fully saturated rings. The number of para-hydroxylation sites is 1. The Bertz CT molecular complexity index is 756. The molecule has 0 aliphatic carbocycles. The Balaban J connectivity index is 1.36. The fraction of sp³-hybridized carbons (Fsp3) is 0.476. The molecule has 4 rings (SSSR count). The van der Waals surface area contributed by atoms with Gasteiger partial charge in [0.25, 0.3) is 5.91 Å². The van der Waals surface area contributed by atoms with Crippen molar-refractivity contribution in [2.24, 2.45) is 5.92 Å². The van der Waals surface area contributed by atoms with Gasteiger partial charge >= 0.3 is 0 Å². The average molecular weight is 365 g/mol. The predicted octanol–water partition coefficient (Wildman–Crippen LogP) is 2.68. The number of nitrogens with zero attached hydrogens (tertiary/aromatic N) is 5. The first-order chi connectivity index (χ1) is 13.2. The number of piperidine rings is 1. The van der Waals surface area contributed by atoms with Crippen LogP contribution in [-0.4, -0.2) is 60.0 Å². The van der Waals surface area contributed by atoms with Crippen molar-refractivity contribution in [2.45, 2.75) is 19.8 Å². The van der Waals surface area contributed by atoms with E-state index in [9.17, 15) is 4.79 Å². The Labute approximate surface area is 160 Å². The predicted molar refractivity (Wildman–Crippen MR) is 107 cm³/mol. The maximum absolute atomic E-state index is 12.6. The van der Waals surface area contributed by atoms with Crippen molar-refractivity contribution in [1.82, 2.24) is 14.9 Å². The van der Waals surface area contributed by atoms with E-state index in [1.54, 1.807) is 12.4 Å². The van der Waals surface area contributed by atoms with Crippen molar-refractivity contribution in [2.75, 3.05) is 49.1 Å². The molecule has 6 nitrogen and oxygen atoms in total. The molecule has 2 aromatic rings. The third kappa shape index (κ3) is 4.04. The van der Waals surface area contributed by atoms with Gasteiger partial charge in [-0.05, 0) is 30.9 Å². The Hall–Kier alpha value is -2.63. The van der Waals surface area contributed by atoms with Crippen LogP contribution < -0.4 is 9.80 Å². The van der Waals surface area contributed by atoms with Crippen LogP contribution in [0.15, 0.2) is 42.7 Å². The number of benzene rings is 1. The molecule has 2 aliphatic heterocycles. The topological polar surface area (TPSA) is 52.6 Å². The lowest BCUT2D eigenvalue weighted by atomic mass is 10.0. The molecule has 27 heavy (non-hydrogen) atoms. The summed E-state index contributed by atoms with van der Waals surface area (Å²) in [7, 11) is 0. The van der Waals surface area contributed by atoms with Crippen LogP contribution in [-0.2, 0) is 0 Å². The summed E-state index contributed by atoms with van der Waals surface area (Å²) in [6, 6.07) is 10.5. The van der Waals surface area contributed by atoms with E-state index in [-0.39, 0.29) is 5.91 Å². The molecule has 0 bridgehead atoms. The Kier molecular flexibility index (Phi) is 5.23. The van der Waals surface area contributed by atoms with E-state index < -0.39 is 0 Å². The van der Waals surface area contributed by atoms with Gasteiger partial charge < -0.3 is 14.7 Å². The molecule has 1 amide bonds. The molecular weight excluding hydrogens is 338 g/mol. The van der Waals surface area contributed by atoms with E-state index in [1.807, 2.05) is 11.0 Å². The number of hydrogen-bond acceptors (Lipinski definition) is 5. The molecule has 6 heteroatoms. The highest BCUT2D eigenvalue weighted by Gasteiger charge is 2.24. The number of piperazine rings is 1. The Morgan fingerprint density at radius 3 is 2.37 bits per heavy atom. The van der Waals surface area contributed by atoms with E-state index in [0.29, 0.717) is 11.6 Å². The minimum Gasteiger partial charge on any atom is -0.368 e. The molecule has 2 saturated heterocycles. The molecular formula is C21H27N5O. The largest absolute Gasteiger partial charge is 0.368 e. The summed E-state index contributed by atoms with van der Waals surface area (Å²) < 4.78 is 0. The molecule has 1 aromatic heterocycles. The van der Waals surface area contributed by atoms with Gasteiger partial charge in [0.15, 0.2) is 0 Å². The van der Waals surface area contributed by atoms with Crippen LogP contribution in [0, 0.1) is 5.92 Å². The quantitative estimate of drug-likeness (QED) is 0.837. The standard InChI is InChI=1S/C21H27N5O/c1-17-6-5-9-26(16-17)21(27)19-14-23-20(15-22-19)25-12-10-24(11-13-25)18-7-3-2-4-8-18/h2-4,7-8,14-15,17H,5-6,9-13,16H2,1H3. The number of amides is 1. The molecule has 0 spiro atoms. The highest BCUT2D eigenvalue weighted by Crippen LogP contribution is 2.20. The van der Waals surface area contributed by atoms with Gasteiger partial charge in [-0.15, -0.1) is 0 Å². The third-order valence-electron chi connectivity index (χ3n) is 5.53. The molecule has 3 heterocycles. The monoisotopic (exact) mass is 365 g/mol. The van der Waals surface area contributed by atoms with E-state index >= 15 is 0 Å². The van der Waals surface area contributed by atoms with E-state index in [0.717, 1.165) is 51.5 Å². The van der Waals surface area contributed by atoms with Crippen molar-refractivity contribution in [3.05, 3.63) is 48.4 Å². The summed E-state index contributed by atoms with van der Waals surface area (Å²) >= 11 is 0. The first-order valence-electron chi connectivity index (χ1n) is 9.87. The zero-order chi connectivity index (χ0) is 18.6. The second-order valence-corrected chi connectivity index (χ2v) is 7.57. The highest BCUT2D eigenvalue weighted by molar-refractivity contribution is 5.92. The van der Waals surface area contributed by atoms with Gasteiger partial charge in [0, 0.05) is 45.0 Å². The van der Waals surface area contributed by atoms with Crippen molar-refractivity contribution < 1.29 is 4.79 Å². The lowest BCUT2D eigenvalue weighted by Gasteiger charge is -2.36. The van der Waals surface area contributed by atoms with Crippen molar-refractivity contribution in [1.29, 1.82) is 0 Å². The van der Waals surface area contributed by atoms with Gasteiger partial charge in [0.05, 0.1) is 12.4 Å². The summed E-state index contributed by atoms with van der Waals surface area (Å²) in [5, 5.41) is 0. The lowest BCUT2D eigenvalue weighted by Crippen LogP contribution is -2.47. The van der Waals surface area contributed by atoms with Crippen LogP contribution in [0.2, 0.25) is 0 Å². The van der Waals surface area contributed by atoms with Crippen LogP contribution >= 0.6 is 0 Å². The van der Waals surface area contributed by atoms with Crippen molar-refractivity contribution in [3.63, 3.8) is 0 Å². The minimum absolute atomic E-state index is 0.00879. The van der Waals surface area contributed by atoms with E-state index in [4.69, 9.17) is 0 Å². The van der Waals surface area contributed by atoms with Crippen molar-refractivity contribution in [3.8, 4) is 0 Å². The Morgan fingerprint density at radius 2 is 1.70 bits per heavy atom. The zero-order valence-electron chi connectivity index (χ0n) is 15.9. The van der Waals surface area contributed by atoms with Gasteiger partial charge in [0.1, 0.15) is 11.5 Å². The maximum atomic E-state index is 12.6. The summed E-state index contributed by atoms with van der Waals surface area (Å²) in [4.78, 5) is 28.1. The van der Waals surface area contributed by atoms with Gasteiger partial charge in [-0.25, -0.2) is 9.97 Å². The summed E-state index contributed by atoms with van der Waals surface area (Å²) in [6.45, 7) is 7.57. The third-order valence-corrected chi connectivity index (χ3v) is 5.53. The number of aromatic nitrogens is 2. The van der Waals surface area contributed by atoms with Crippen LogP contribution in [0.25, 0.3) is 0 Å². The van der Waals surface area contributed by atoms with Gasteiger partial charge in [-0.2, -0.15) is 0 Å². The first-order valence-corrected chi connectivity index (χ1v) is 9.87. The number of carbonyl (C=O) groups is 1. The molecule has 0 N–H and O–H groups in total. The fourth-order valence-corrected chi connectivity index (χ4v) is 3.96. The maximum Gasteiger partial charge on any atom is 0.274 e. The fourth-order valence-electron chi connectivity index (χ4n) is 3.96. The smallest absolute Gasteiger partial charge is 0.274 e. The van der Waals surface area contributed by atoms with Crippen molar-refractivity contribution >= 4 is 17.4 Å². The second kappa shape index (κ2) is 7.94. The van der Waals surface area contributed by atoms with Crippen LogP contribution in [0.1, 0.15) is 30.3 Å². The van der Waals surface area contributed by atoms with Crippen LogP contribution in [0.3, 0.4) is 0 Å². The summed E-state index contributed by atoms with van der Waals surface area (Å²) in [6.07, 6.45) is 5.66. The number of hydrogen-bond donors (Lipinski definition) is 0. The molecule has 0 radical (unpaired) electrons. The number of rotatable bonds is 3. The minimum atomic E-state index is 0.00879. The van der Waals surface area contributed by atoms with Gasteiger partial charge in [-0.3, -0.25) is 4.79 Å². The molecule has 1 unspecified atom stereocenters. The average Bonchev–Trinajstić information content (AvgIpc) is 2.74. The number of likely N-dealkylation sites (tertiary alicyclic amines) is 1. The second-order valence-electron chi connectivity index (χ2n) is 7.57. The zero-order valence-corrected chi connectivity index (χ0v) is 15.9. The number of anilines is 2. The van der Waals surface area contributed by atoms with Crippen LogP contribution in [0.4, 0.5) is 11.5 Å². The highest BCUT2D eigenvalue weighted by atomic mass is 16.2. The molecule has 1 atom stereocenters. The number of carbonyl (C=O) groups excluding carboxylic acids is 1. The lowest BCUT2D eigenvalue weighted by molar-refractivity contribution is 0.0676. The SMILES string of the molecule is CC1CCCN(C(=O)c2cnc(N3CCN(c4ccccc4)CC3)cn2)C1. The van der Waals surface area contributed by atoms with Gasteiger partial charge in [0.2, 0.25) is 0 Å². The summed E-state index contributed by atoms with van der Waals surface area (Å²) in [5.41, 5.74) is 1.72. The first kappa shape index (κ1) is 17.8. The molecule has 142 valence electrons. The van der Waals surface area contributed by atoms with E-state index in [1.165, 1.54) is 12.1 Å². The van der Waals surface area contributed by atoms with Gasteiger partial charge in [-0.1, -0.05) is 25.1 Å². The van der Waals surface area contributed by atoms with Crippen LogP contribution in [0.5, 0.6) is 0 Å². The summed E-state index contributed by atoms with van der Waals surface area (Å²) in [5.74, 6) is 1.43. The molecule has 2 aliphatic rings. The Morgan fingerprint density at radius 1 is 0.963 bits per heavy atom. The van der Waals surface area contributed by atoms with E-state index in [2.05, 4.69) is 51.0 Å². The molecule has 1 aromatic carbocycles.